The molecule has 1 heterocycles. The smallest absolute Gasteiger partial charge is 0.119 e. The molecule has 22 heavy (non-hydrogen) atoms. The van der Waals surface area contributed by atoms with Crippen molar-refractivity contribution < 1.29 is 9.47 Å². The van der Waals surface area contributed by atoms with Gasteiger partial charge in [0.25, 0.3) is 0 Å². The zero-order valence-corrected chi connectivity index (χ0v) is 13.8. The second kappa shape index (κ2) is 7.87. The highest BCUT2D eigenvalue weighted by molar-refractivity contribution is 5.31. The fraction of sp³-hybridized carbons (Fsp3) is 0.684. The van der Waals surface area contributed by atoms with E-state index in [-0.39, 0.29) is 0 Å². The molecule has 0 aromatic heterocycles. The molecule has 3 nitrogen and oxygen atoms in total. The molecule has 0 radical (unpaired) electrons. The summed E-state index contributed by atoms with van der Waals surface area (Å²) in [6.45, 7) is 2.04. The van der Waals surface area contributed by atoms with Crippen LogP contribution in [-0.2, 0) is 0 Å². The van der Waals surface area contributed by atoms with E-state index in [0.29, 0.717) is 12.1 Å². The first-order chi connectivity index (χ1) is 10.8. The van der Waals surface area contributed by atoms with Crippen LogP contribution in [0.1, 0.15) is 51.4 Å². The summed E-state index contributed by atoms with van der Waals surface area (Å²) in [5, 5.41) is 0. The van der Waals surface area contributed by atoms with E-state index in [1.54, 1.807) is 0 Å². The van der Waals surface area contributed by atoms with Crippen molar-refractivity contribution >= 4 is 0 Å². The molecular formula is C19H29NO2. The number of likely N-dealkylation sites (tertiary alicyclic amines) is 1. The lowest BCUT2D eigenvalue weighted by atomic mass is 9.98. The Hall–Kier alpha value is -1.22. The average Bonchev–Trinajstić information content (AvgIpc) is 2.95. The summed E-state index contributed by atoms with van der Waals surface area (Å²) < 4.78 is 11.9. The second-order valence-electron chi connectivity index (χ2n) is 6.76. The highest BCUT2D eigenvalue weighted by Crippen LogP contribution is 2.25. The lowest BCUT2D eigenvalue weighted by molar-refractivity contribution is 0.155. The Morgan fingerprint density at radius 1 is 0.955 bits per heavy atom. The molecule has 1 unspecified atom stereocenters. The van der Waals surface area contributed by atoms with Crippen LogP contribution in [0.2, 0.25) is 0 Å². The first-order valence-corrected chi connectivity index (χ1v) is 8.91. The van der Waals surface area contributed by atoms with Crippen LogP contribution in [0.4, 0.5) is 0 Å². The van der Waals surface area contributed by atoms with Gasteiger partial charge < -0.3 is 14.4 Å². The molecule has 1 saturated heterocycles. The van der Waals surface area contributed by atoms with E-state index in [1.807, 2.05) is 24.3 Å². The maximum atomic E-state index is 6.05. The van der Waals surface area contributed by atoms with E-state index in [0.717, 1.165) is 24.5 Å². The number of hydrogen-bond donors (Lipinski definition) is 0. The van der Waals surface area contributed by atoms with Crippen molar-refractivity contribution in [2.24, 2.45) is 0 Å². The SMILES string of the molecule is CN1CCCC1CCOc1ccc(OC2CCCCC2)cc1. The van der Waals surface area contributed by atoms with Crippen LogP contribution in [0.15, 0.2) is 24.3 Å². The fourth-order valence-electron chi connectivity index (χ4n) is 3.65. The summed E-state index contributed by atoms with van der Waals surface area (Å²) in [5.74, 6) is 1.94. The van der Waals surface area contributed by atoms with E-state index < -0.39 is 0 Å². The molecule has 0 bridgehead atoms. The molecule has 2 aliphatic rings. The third-order valence-electron chi connectivity index (χ3n) is 5.07. The minimum absolute atomic E-state index is 0.415. The van der Waals surface area contributed by atoms with Gasteiger partial charge in [-0.05, 0) is 82.8 Å². The third-order valence-corrected chi connectivity index (χ3v) is 5.07. The van der Waals surface area contributed by atoms with E-state index in [1.165, 1.54) is 51.5 Å². The molecule has 0 amide bonds. The van der Waals surface area contributed by atoms with Gasteiger partial charge >= 0.3 is 0 Å². The molecule has 1 atom stereocenters. The minimum Gasteiger partial charge on any atom is -0.494 e. The molecule has 2 fully saturated rings. The topological polar surface area (TPSA) is 21.7 Å². The van der Waals surface area contributed by atoms with Gasteiger partial charge in [0.1, 0.15) is 11.5 Å². The van der Waals surface area contributed by atoms with Crippen molar-refractivity contribution in [2.45, 2.75) is 63.5 Å². The van der Waals surface area contributed by atoms with Crippen LogP contribution < -0.4 is 9.47 Å². The lowest BCUT2D eigenvalue weighted by Gasteiger charge is -2.23. The number of benzene rings is 1. The van der Waals surface area contributed by atoms with Gasteiger partial charge in [-0.15, -0.1) is 0 Å². The van der Waals surface area contributed by atoms with Crippen LogP contribution in [0, 0.1) is 0 Å². The molecule has 1 aromatic carbocycles. The summed E-state index contributed by atoms with van der Waals surface area (Å²) in [6.07, 6.45) is 10.6. The summed E-state index contributed by atoms with van der Waals surface area (Å²) in [4.78, 5) is 2.45. The molecule has 1 saturated carbocycles. The third kappa shape index (κ3) is 4.39. The zero-order chi connectivity index (χ0) is 15.2. The van der Waals surface area contributed by atoms with Crippen LogP contribution >= 0.6 is 0 Å². The first kappa shape index (κ1) is 15.7. The Morgan fingerprint density at radius 3 is 2.36 bits per heavy atom. The summed E-state index contributed by atoms with van der Waals surface area (Å²) in [5.41, 5.74) is 0. The number of rotatable bonds is 6. The van der Waals surface area contributed by atoms with Gasteiger partial charge in [-0.2, -0.15) is 0 Å². The maximum Gasteiger partial charge on any atom is 0.119 e. The predicted octanol–water partition coefficient (Wildman–Crippen LogP) is 4.26. The van der Waals surface area contributed by atoms with E-state index in [2.05, 4.69) is 11.9 Å². The molecule has 1 aliphatic carbocycles. The largest absolute Gasteiger partial charge is 0.494 e. The Labute approximate surface area is 134 Å². The highest BCUT2D eigenvalue weighted by Gasteiger charge is 2.20. The van der Waals surface area contributed by atoms with Crippen LogP contribution in [0.25, 0.3) is 0 Å². The first-order valence-electron chi connectivity index (χ1n) is 8.91. The van der Waals surface area contributed by atoms with Crippen molar-refractivity contribution in [3.8, 4) is 11.5 Å². The fourth-order valence-corrected chi connectivity index (χ4v) is 3.65. The van der Waals surface area contributed by atoms with Crippen LogP contribution in [0.3, 0.4) is 0 Å². The molecule has 0 N–H and O–H groups in total. The van der Waals surface area contributed by atoms with Crippen molar-refractivity contribution in [2.75, 3.05) is 20.2 Å². The normalized spacial score (nSPS) is 23.6. The Balaban J connectivity index is 1.41. The van der Waals surface area contributed by atoms with Crippen LogP contribution in [0.5, 0.6) is 11.5 Å². The summed E-state index contributed by atoms with van der Waals surface area (Å²) in [6, 6.07) is 8.87. The van der Waals surface area contributed by atoms with Gasteiger partial charge in [0.15, 0.2) is 0 Å². The van der Waals surface area contributed by atoms with Gasteiger partial charge in [0.2, 0.25) is 0 Å². The quantitative estimate of drug-likeness (QED) is 0.783. The molecule has 122 valence electrons. The molecule has 1 aliphatic heterocycles. The molecule has 1 aromatic rings. The van der Waals surface area contributed by atoms with Gasteiger partial charge in [0, 0.05) is 6.04 Å². The summed E-state index contributed by atoms with van der Waals surface area (Å²) >= 11 is 0. The number of nitrogens with zero attached hydrogens (tertiary/aromatic N) is 1. The Morgan fingerprint density at radius 2 is 1.68 bits per heavy atom. The average molecular weight is 303 g/mol. The number of hydrogen-bond acceptors (Lipinski definition) is 3. The van der Waals surface area contributed by atoms with Crippen molar-refractivity contribution in [1.29, 1.82) is 0 Å². The molecule has 3 rings (SSSR count). The lowest BCUT2D eigenvalue weighted by Crippen LogP contribution is -2.26. The van der Waals surface area contributed by atoms with E-state index in [9.17, 15) is 0 Å². The van der Waals surface area contributed by atoms with Crippen molar-refractivity contribution in [1.82, 2.24) is 4.90 Å². The minimum atomic E-state index is 0.415. The van der Waals surface area contributed by atoms with Crippen molar-refractivity contribution in [3.05, 3.63) is 24.3 Å². The summed E-state index contributed by atoms with van der Waals surface area (Å²) in [7, 11) is 2.22. The second-order valence-corrected chi connectivity index (χ2v) is 6.76. The van der Waals surface area contributed by atoms with Gasteiger partial charge in [-0.25, -0.2) is 0 Å². The number of ether oxygens (including phenoxy) is 2. The highest BCUT2D eigenvalue weighted by atomic mass is 16.5. The van der Waals surface area contributed by atoms with Gasteiger partial charge in [-0.3, -0.25) is 0 Å². The molecule has 3 heteroatoms. The standard InChI is InChI=1S/C19H29NO2/c1-20-14-5-6-16(20)13-15-21-17-9-11-19(12-10-17)22-18-7-3-2-4-8-18/h9-12,16,18H,2-8,13-15H2,1H3. The monoisotopic (exact) mass is 303 g/mol. The predicted molar refractivity (Wildman–Crippen MR) is 89.7 cm³/mol. The maximum absolute atomic E-state index is 6.05. The van der Waals surface area contributed by atoms with E-state index in [4.69, 9.17) is 9.47 Å². The van der Waals surface area contributed by atoms with E-state index >= 15 is 0 Å². The van der Waals surface area contributed by atoms with Gasteiger partial charge in [0.05, 0.1) is 12.7 Å². The van der Waals surface area contributed by atoms with Crippen LogP contribution in [-0.4, -0.2) is 37.2 Å². The van der Waals surface area contributed by atoms with Crippen molar-refractivity contribution in [3.63, 3.8) is 0 Å². The van der Waals surface area contributed by atoms with Gasteiger partial charge in [-0.1, -0.05) is 6.42 Å². The Kier molecular flexibility index (Phi) is 5.60. The Bertz CT molecular complexity index is 439. The molecular weight excluding hydrogens is 274 g/mol. The molecule has 0 spiro atoms. The zero-order valence-electron chi connectivity index (χ0n) is 13.8.